The van der Waals surface area contributed by atoms with Crippen LogP contribution in [0, 0.1) is 5.92 Å². The number of carbonyl (C=O) groups is 1. The summed E-state index contributed by atoms with van der Waals surface area (Å²) in [5.74, 6) is 0.109. The highest BCUT2D eigenvalue weighted by atomic mass is 32.2. The Morgan fingerprint density at radius 3 is 2.37 bits per heavy atom. The normalized spacial score (nSPS) is 20.2. The van der Waals surface area contributed by atoms with E-state index in [-0.39, 0.29) is 47.4 Å². The molecule has 10 nitrogen and oxygen atoms in total. The Morgan fingerprint density at radius 2 is 1.75 bits per heavy atom. The summed E-state index contributed by atoms with van der Waals surface area (Å²) in [5, 5.41) is 10.2. The molecule has 0 aromatic heterocycles. The number of aliphatic hydroxyl groups is 1. The first-order valence-corrected chi connectivity index (χ1v) is 18.4. The average molecular weight is 736 g/mol. The van der Waals surface area contributed by atoms with Gasteiger partial charge in [-0.05, 0) is 100 Å². The van der Waals surface area contributed by atoms with Crippen molar-refractivity contribution in [3.8, 4) is 11.5 Å². The number of nitrogens with one attached hydrogen (secondary N) is 1. The number of rotatable bonds is 10. The van der Waals surface area contributed by atoms with Gasteiger partial charge >= 0.3 is 6.18 Å². The summed E-state index contributed by atoms with van der Waals surface area (Å²) in [4.78, 5) is 17.9. The van der Waals surface area contributed by atoms with Crippen molar-refractivity contribution in [3.05, 3.63) is 83.4 Å². The number of alkyl halides is 3. The number of fused-ring (bicyclic) bond motifs is 1. The molecule has 0 spiro atoms. The molecule has 3 aromatic rings. The second-order valence-electron chi connectivity index (χ2n) is 13.2. The van der Waals surface area contributed by atoms with Crippen molar-refractivity contribution >= 4 is 21.6 Å². The number of sulfonamides is 1. The van der Waals surface area contributed by atoms with E-state index in [4.69, 9.17) is 14.2 Å². The number of amides is 1. The number of halogens is 3. The molecule has 0 radical (unpaired) electrons. The fourth-order valence-corrected chi connectivity index (χ4v) is 6.95. The molecule has 1 amide bonds. The molecule has 280 valence electrons. The molecule has 2 N–H and O–H groups in total. The van der Waals surface area contributed by atoms with Crippen molar-refractivity contribution in [2.24, 2.45) is 5.92 Å². The molecular formula is C37H48F3N3O7S. The summed E-state index contributed by atoms with van der Waals surface area (Å²) in [6.07, 6.45) is -2.81. The molecule has 0 saturated heterocycles. The van der Waals surface area contributed by atoms with Crippen LogP contribution < -0.4 is 14.2 Å². The Morgan fingerprint density at radius 1 is 1.06 bits per heavy atom. The fraction of sp³-hybridized carbons (Fsp3) is 0.486. The maximum absolute atomic E-state index is 14.4. The van der Waals surface area contributed by atoms with E-state index in [9.17, 15) is 31.5 Å². The van der Waals surface area contributed by atoms with E-state index >= 15 is 0 Å². The molecule has 4 rings (SSSR count). The van der Waals surface area contributed by atoms with Gasteiger partial charge in [0.05, 0.1) is 48.0 Å². The van der Waals surface area contributed by atoms with Crippen LogP contribution in [0.2, 0.25) is 0 Å². The van der Waals surface area contributed by atoms with Crippen LogP contribution in [-0.2, 0) is 27.5 Å². The van der Waals surface area contributed by atoms with Crippen molar-refractivity contribution in [1.29, 1.82) is 0 Å². The maximum Gasteiger partial charge on any atom is 0.416 e. The smallest absolute Gasteiger partial charge is 0.416 e. The minimum atomic E-state index is -4.41. The van der Waals surface area contributed by atoms with Gasteiger partial charge in [-0.15, -0.1) is 0 Å². The predicted molar refractivity (Wildman–Crippen MR) is 188 cm³/mol. The van der Waals surface area contributed by atoms with Crippen LogP contribution in [0.3, 0.4) is 0 Å². The zero-order valence-corrected chi connectivity index (χ0v) is 30.5. The third-order valence-electron chi connectivity index (χ3n) is 8.90. The largest absolute Gasteiger partial charge is 0.497 e. The highest BCUT2D eigenvalue weighted by molar-refractivity contribution is 7.92. The zero-order chi connectivity index (χ0) is 37.3. The number of nitrogens with zero attached hydrogens (tertiary/aromatic N) is 2. The predicted octanol–water partition coefficient (Wildman–Crippen LogP) is 6.44. The summed E-state index contributed by atoms with van der Waals surface area (Å²) in [6.45, 7) is 6.73. The number of carbonyl (C=O) groups excluding carboxylic acids is 1. The molecule has 4 atom stereocenters. The van der Waals surface area contributed by atoms with E-state index in [0.29, 0.717) is 43.2 Å². The molecule has 1 heterocycles. The molecule has 0 aliphatic carbocycles. The summed E-state index contributed by atoms with van der Waals surface area (Å²) >= 11 is 0. The number of benzene rings is 3. The molecule has 0 fully saturated rings. The topological polar surface area (TPSA) is 118 Å². The van der Waals surface area contributed by atoms with Crippen LogP contribution in [-0.4, -0.2) is 87.9 Å². The van der Waals surface area contributed by atoms with Gasteiger partial charge in [0.2, 0.25) is 0 Å². The molecule has 0 bridgehead atoms. The van der Waals surface area contributed by atoms with E-state index in [1.54, 1.807) is 19.1 Å². The number of anilines is 1. The van der Waals surface area contributed by atoms with Gasteiger partial charge in [0, 0.05) is 37.8 Å². The lowest BCUT2D eigenvalue weighted by atomic mass is 10.0. The lowest BCUT2D eigenvalue weighted by Gasteiger charge is -2.36. The van der Waals surface area contributed by atoms with Crippen molar-refractivity contribution < 1.29 is 45.7 Å². The van der Waals surface area contributed by atoms with E-state index in [0.717, 1.165) is 25.0 Å². The Labute approximate surface area is 298 Å². The molecule has 1 aliphatic rings. The van der Waals surface area contributed by atoms with Gasteiger partial charge in [-0.1, -0.05) is 19.1 Å². The number of aliphatic hydroxyl groups excluding tert-OH is 1. The number of hydrogen-bond acceptors (Lipinski definition) is 8. The third-order valence-corrected chi connectivity index (χ3v) is 10.3. The minimum Gasteiger partial charge on any atom is -0.497 e. The zero-order valence-electron chi connectivity index (χ0n) is 29.7. The third kappa shape index (κ3) is 11.1. The number of ether oxygens (including phenoxy) is 3. The fourth-order valence-electron chi connectivity index (χ4n) is 5.90. The van der Waals surface area contributed by atoms with Crippen molar-refractivity contribution in [2.75, 3.05) is 45.2 Å². The molecule has 0 saturated carbocycles. The molecule has 0 unspecified atom stereocenters. The van der Waals surface area contributed by atoms with Gasteiger partial charge in [-0.25, -0.2) is 8.42 Å². The molecule has 3 aromatic carbocycles. The number of likely N-dealkylation sites (N-methyl/N-ethyl adjacent to an activating group) is 1. The van der Waals surface area contributed by atoms with Gasteiger partial charge in [-0.2, -0.15) is 13.2 Å². The standard InChI is InChI=1S/C37H48F3N3O7S/c1-25-21-43(26(2)24-44)36(45)33-20-30(41-51(46,47)32-16-14-31(48-5)15-17-32)13-18-34(33)50-27(3)8-6-7-19-49-35(25)23-42(4)22-28-9-11-29(12-10-28)37(38,39)40/h9-18,20,25-27,35,41,44H,6-8,19,21-24H2,1-5H3/t25-,26+,27+,35+/m1/s1. The lowest BCUT2D eigenvalue weighted by molar-refractivity contribution is -0.137. The first-order chi connectivity index (χ1) is 24.1. The van der Waals surface area contributed by atoms with Crippen LogP contribution in [0.15, 0.2) is 71.6 Å². The SMILES string of the molecule is COc1ccc(S(=O)(=O)Nc2ccc3c(c2)C(=O)N([C@@H](C)CO)C[C@@H](C)[C@H](CN(C)Cc2ccc(C(F)(F)F)cc2)OCCCC[C@H](C)O3)cc1. The Kier molecular flexibility index (Phi) is 13.8. The Bertz CT molecular complexity index is 1690. The molecule has 51 heavy (non-hydrogen) atoms. The monoisotopic (exact) mass is 735 g/mol. The highest BCUT2D eigenvalue weighted by Gasteiger charge is 2.32. The second kappa shape index (κ2) is 17.6. The van der Waals surface area contributed by atoms with Gasteiger partial charge in [0.25, 0.3) is 15.9 Å². The number of hydrogen-bond donors (Lipinski definition) is 2. The Hall–Kier alpha value is -3.85. The van der Waals surface area contributed by atoms with E-state index in [1.807, 2.05) is 25.8 Å². The molecule has 1 aliphatic heterocycles. The van der Waals surface area contributed by atoms with Gasteiger partial charge in [0.1, 0.15) is 11.5 Å². The van der Waals surface area contributed by atoms with Crippen LogP contribution in [0.25, 0.3) is 0 Å². The first-order valence-electron chi connectivity index (χ1n) is 17.0. The maximum atomic E-state index is 14.4. The summed E-state index contributed by atoms with van der Waals surface area (Å²) in [7, 11) is -0.672. The lowest BCUT2D eigenvalue weighted by Crippen LogP contribution is -2.47. The minimum absolute atomic E-state index is 0.0123. The first kappa shape index (κ1) is 39.9. The van der Waals surface area contributed by atoms with Gasteiger partial charge in [-0.3, -0.25) is 14.4 Å². The van der Waals surface area contributed by atoms with Crippen LogP contribution in [0.5, 0.6) is 11.5 Å². The van der Waals surface area contributed by atoms with Crippen LogP contribution in [0.4, 0.5) is 18.9 Å². The number of methoxy groups -OCH3 is 1. The van der Waals surface area contributed by atoms with Crippen LogP contribution >= 0.6 is 0 Å². The summed E-state index contributed by atoms with van der Waals surface area (Å²) < 4.78 is 86.1. The van der Waals surface area contributed by atoms with Gasteiger partial charge in [0.15, 0.2) is 0 Å². The second-order valence-corrected chi connectivity index (χ2v) is 14.9. The van der Waals surface area contributed by atoms with Gasteiger partial charge < -0.3 is 24.2 Å². The van der Waals surface area contributed by atoms with Crippen molar-refractivity contribution in [2.45, 2.75) is 75.9 Å². The van der Waals surface area contributed by atoms with Crippen molar-refractivity contribution in [1.82, 2.24) is 9.80 Å². The van der Waals surface area contributed by atoms with E-state index in [2.05, 4.69) is 4.72 Å². The Balaban J connectivity index is 1.61. The summed E-state index contributed by atoms with van der Waals surface area (Å²) in [6, 6.07) is 14.9. The molecule has 14 heteroatoms. The highest BCUT2D eigenvalue weighted by Crippen LogP contribution is 2.31. The quantitative estimate of drug-likeness (QED) is 0.245. The van der Waals surface area contributed by atoms with Crippen molar-refractivity contribution in [3.63, 3.8) is 0 Å². The van der Waals surface area contributed by atoms with E-state index in [1.165, 1.54) is 54.5 Å². The average Bonchev–Trinajstić information content (AvgIpc) is 3.09. The van der Waals surface area contributed by atoms with E-state index < -0.39 is 33.7 Å². The summed E-state index contributed by atoms with van der Waals surface area (Å²) in [5.41, 5.74) is 0.306. The van der Waals surface area contributed by atoms with Crippen LogP contribution in [0.1, 0.15) is 61.5 Å². The molecular weight excluding hydrogens is 687 g/mol.